The summed E-state index contributed by atoms with van der Waals surface area (Å²) in [5, 5.41) is 1.25. The molecule has 7 nitrogen and oxygen atoms in total. The van der Waals surface area contributed by atoms with Crippen molar-refractivity contribution in [3.8, 4) is 5.75 Å². The number of amides is 1. The Morgan fingerprint density at radius 3 is 2.69 bits per heavy atom. The maximum absolute atomic E-state index is 12.8. The number of likely N-dealkylation sites (tertiary alicyclic amines) is 1. The average Bonchev–Trinajstić information content (AvgIpc) is 3.55. The van der Waals surface area contributed by atoms with Crippen molar-refractivity contribution in [3.63, 3.8) is 0 Å². The number of aromatic amines is 1. The van der Waals surface area contributed by atoms with Crippen LogP contribution in [0, 0.1) is 0 Å². The molecule has 2 aromatic heterocycles. The lowest BCUT2D eigenvalue weighted by Gasteiger charge is -2.25. The second-order valence-corrected chi connectivity index (χ2v) is 9.15. The topological polar surface area (TPSA) is 74.6 Å². The van der Waals surface area contributed by atoms with Gasteiger partial charge in [-0.15, -0.1) is 0 Å². The Morgan fingerprint density at radius 2 is 1.89 bits per heavy atom. The summed E-state index contributed by atoms with van der Waals surface area (Å²) in [6.07, 6.45) is 7.79. The van der Waals surface area contributed by atoms with Gasteiger partial charge in [-0.25, -0.2) is 4.98 Å². The van der Waals surface area contributed by atoms with E-state index >= 15 is 0 Å². The summed E-state index contributed by atoms with van der Waals surface area (Å²) >= 11 is 0. The zero-order valence-electron chi connectivity index (χ0n) is 20.2. The predicted octanol–water partition coefficient (Wildman–Crippen LogP) is 5.04. The summed E-state index contributed by atoms with van der Waals surface area (Å²) in [5.74, 6) is 1.38. The molecule has 1 saturated heterocycles. The van der Waals surface area contributed by atoms with Crippen LogP contribution in [0.1, 0.15) is 46.8 Å². The first kappa shape index (κ1) is 23.2. The number of hydrogen-bond acceptors (Lipinski definition) is 5. The fourth-order valence-corrected chi connectivity index (χ4v) is 4.75. The Labute approximate surface area is 205 Å². The van der Waals surface area contributed by atoms with Gasteiger partial charge in [0.1, 0.15) is 12.0 Å². The van der Waals surface area contributed by atoms with Gasteiger partial charge in [-0.1, -0.05) is 30.3 Å². The Bertz CT molecular complexity index is 1250. The van der Waals surface area contributed by atoms with Crippen LogP contribution in [0.2, 0.25) is 0 Å². The number of hydrogen-bond donors (Lipinski definition) is 1. The summed E-state index contributed by atoms with van der Waals surface area (Å²) in [5.41, 5.74) is 4.02. The van der Waals surface area contributed by atoms with Crippen molar-refractivity contribution in [2.75, 3.05) is 26.7 Å². The molecule has 5 rings (SSSR count). The minimum absolute atomic E-state index is 0.0276. The van der Waals surface area contributed by atoms with Gasteiger partial charge in [0.25, 0.3) is 5.91 Å². The van der Waals surface area contributed by atoms with E-state index in [4.69, 9.17) is 9.15 Å². The molecule has 7 heteroatoms. The van der Waals surface area contributed by atoms with Gasteiger partial charge in [0.2, 0.25) is 5.89 Å². The zero-order valence-corrected chi connectivity index (χ0v) is 20.2. The maximum Gasteiger partial charge on any atom is 0.275 e. The van der Waals surface area contributed by atoms with Crippen LogP contribution in [0.4, 0.5) is 0 Å². The molecule has 0 radical (unpaired) electrons. The molecular weight excluding hydrogens is 440 g/mol. The number of nitrogens with zero attached hydrogens (tertiary/aromatic N) is 3. The molecule has 1 aliphatic rings. The second kappa shape index (κ2) is 10.8. The normalized spacial score (nSPS) is 14.1. The summed E-state index contributed by atoms with van der Waals surface area (Å²) in [7, 11) is 1.67. The Kier molecular flexibility index (Phi) is 7.14. The molecule has 0 atom stereocenters. The van der Waals surface area contributed by atoms with Crippen LogP contribution in [0.5, 0.6) is 5.75 Å². The third-order valence-electron chi connectivity index (χ3n) is 6.71. The van der Waals surface area contributed by atoms with E-state index in [1.165, 1.54) is 29.2 Å². The van der Waals surface area contributed by atoms with Crippen molar-refractivity contribution < 1.29 is 13.9 Å². The molecule has 0 spiro atoms. The van der Waals surface area contributed by atoms with Crippen molar-refractivity contribution in [1.29, 1.82) is 0 Å². The molecule has 0 bridgehead atoms. The van der Waals surface area contributed by atoms with E-state index in [2.05, 4.69) is 51.4 Å². The maximum atomic E-state index is 12.8. The molecule has 182 valence electrons. The summed E-state index contributed by atoms with van der Waals surface area (Å²) in [6.45, 7) is 3.70. The smallest absolute Gasteiger partial charge is 0.275 e. The standard InChI is InChI=1S/C28H32N4O3/c1-34-23-11-9-21(10-12-23)18-31(16-13-22-17-29-25-8-4-3-7-24(22)25)19-27-30-26(20-35-27)28(33)32-14-5-2-6-15-32/h3-4,7-12,17,20,29H,2,5-6,13-16,18-19H2,1H3. The molecule has 1 amide bonds. The number of para-hydroxylation sites is 1. The molecular formula is C28H32N4O3. The van der Waals surface area contributed by atoms with Gasteiger partial charge in [-0.05, 0) is 55.0 Å². The van der Waals surface area contributed by atoms with Gasteiger partial charge in [0.15, 0.2) is 5.69 Å². The van der Waals surface area contributed by atoms with Crippen LogP contribution in [0.25, 0.3) is 10.9 Å². The second-order valence-electron chi connectivity index (χ2n) is 9.15. The first-order chi connectivity index (χ1) is 17.2. The highest BCUT2D eigenvalue weighted by molar-refractivity contribution is 5.92. The van der Waals surface area contributed by atoms with Crippen LogP contribution >= 0.6 is 0 Å². The highest BCUT2D eigenvalue weighted by Crippen LogP contribution is 2.20. The fraction of sp³-hybridized carbons (Fsp3) is 0.357. The lowest BCUT2D eigenvalue weighted by molar-refractivity contribution is 0.0718. The molecule has 0 saturated carbocycles. The lowest BCUT2D eigenvalue weighted by Crippen LogP contribution is -2.35. The van der Waals surface area contributed by atoms with E-state index in [1.54, 1.807) is 7.11 Å². The van der Waals surface area contributed by atoms with Crippen LogP contribution in [-0.4, -0.2) is 52.4 Å². The molecule has 0 aliphatic carbocycles. The number of aromatic nitrogens is 2. The number of fused-ring (bicyclic) bond motifs is 1. The summed E-state index contributed by atoms with van der Waals surface area (Å²) in [6, 6.07) is 16.5. The third kappa shape index (κ3) is 5.57. The molecule has 0 unspecified atom stereocenters. The first-order valence-electron chi connectivity index (χ1n) is 12.3. The monoisotopic (exact) mass is 472 g/mol. The van der Waals surface area contributed by atoms with Gasteiger partial charge in [-0.3, -0.25) is 9.69 Å². The molecule has 4 aromatic rings. The largest absolute Gasteiger partial charge is 0.497 e. The van der Waals surface area contributed by atoms with E-state index in [-0.39, 0.29) is 5.91 Å². The summed E-state index contributed by atoms with van der Waals surface area (Å²) in [4.78, 5) is 25.0. The summed E-state index contributed by atoms with van der Waals surface area (Å²) < 4.78 is 11.1. The number of H-pyrrole nitrogens is 1. The van der Waals surface area contributed by atoms with Crippen LogP contribution in [-0.2, 0) is 19.5 Å². The highest BCUT2D eigenvalue weighted by Gasteiger charge is 2.22. The Morgan fingerprint density at radius 1 is 1.09 bits per heavy atom. The van der Waals surface area contributed by atoms with E-state index in [0.717, 1.165) is 56.7 Å². The number of carbonyl (C=O) groups is 1. The van der Waals surface area contributed by atoms with E-state index in [1.807, 2.05) is 23.1 Å². The molecule has 1 aliphatic heterocycles. The van der Waals surface area contributed by atoms with Crippen molar-refractivity contribution >= 4 is 16.8 Å². The van der Waals surface area contributed by atoms with Crippen molar-refractivity contribution in [2.45, 2.75) is 38.8 Å². The van der Waals surface area contributed by atoms with Crippen LogP contribution < -0.4 is 4.74 Å². The molecule has 3 heterocycles. The van der Waals surface area contributed by atoms with E-state index in [0.29, 0.717) is 18.1 Å². The fourth-order valence-electron chi connectivity index (χ4n) is 4.75. The zero-order chi connectivity index (χ0) is 24.0. The number of carbonyl (C=O) groups excluding carboxylic acids is 1. The number of oxazole rings is 1. The SMILES string of the molecule is COc1ccc(CN(CCc2c[nH]c3ccccc23)Cc2nc(C(=O)N3CCCCC3)co2)cc1. The Balaban J connectivity index is 1.30. The van der Waals surface area contributed by atoms with E-state index < -0.39 is 0 Å². The number of ether oxygens (including phenoxy) is 1. The predicted molar refractivity (Wildman–Crippen MR) is 135 cm³/mol. The molecule has 1 fully saturated rings. The van der Waals surface area contributed by atoms with Gasteiger partial charge in [-0.2, -0.15) is 0 Å². The van der Waals surface area contributed by atoms with Crippen LogP contribution in [0.3, 0.4) is 0 Å². The van der Waals surface area contributed by atoms with E-state index in [9.17, 15) is 4.79 Å². The van der Waals surface area contributed by atoms with Crippen LogP contribution in [0.15, 0.2) is 65.4 Å². The average molecular weight is 473 g/mol. The van der Waals surface area contributed by atoms with Crippen molar-refractivity contribution in [1.82, 2.24) is 19.8 Å². The number of rotatable bonds is 9. The molecule has 2 aromatic carbocycles. The van der Waals surface area contributed by atoms with Gasteiger partial charge >= 0.3 is 0 Å². The number of benzene rings is 2. The third-order valence-corrected chi connectivity index (χ3v) is 6.71. The van der Waals surface area contributed by atoms with Gasteiger partial charge in [0.05, 0.1) is 13.7 Å². The molecule has 1 N–H and O–H groups in total. The molecule has 35 heavy (non-hydrogen) atoms. The van der Waals surface area contributed by atoms with Gasteiger partial charge < -0.3 is 19.0 Å². The minimum Gasteiger partial charge on any atom is -0.497 e. The minimum atomic E-state index is -0.0276. The number of nitrogens with one attached hydrogen (secondary N) is 1. The van der Waals surface area contributed by atoms with Crippen molar-refractivity contribution in [2.24, 2.45) is 0 Å². The highest BCUT2D eigenvalue weighted by atomic mass is 16.5. The quantitative estimate of drug-likeness (QED) is 0.370. The number of piperidine rings is 1. The number of methoxy groups -OCH3 is 1. The van der Waals surface area contributed by atoms with Crippen molar-refractivity contribution in [3.05, 3.63) is 83.7 Å². The van der Waals surface area contributed by atoms with Gasteiger partial charge in [0, 0.05) is 43.3 Å². The lowest BCUT2D eigenvalue weighted by atomic mass is 10.1. The first-order valence-corrected chi connectivity index (χ1v) is 12.3. The Hall–Kier alpha value is -3.58.